The van der Waals surface area contributed by atoms with Gasteiger partial charge in [-0.05, 0) is 46.6 Å². The first kappa shape index (κ1) is 15.5. The summed E-state index contributed by atoms with van der Waals surface area (Å²) in [5.41, 5.74) is 0.359. The first-order valence-corrected chi connectivity index (χ1v) is 8.11. The summed E-state index contributed by atoms with van der Waals surface area (Å²) in [7, 11) is -3.92. The zero-order chi connectivity index (χ0) is 15.6. The van der Waals surface area contributed by atoms with Gasteiger partial charge in [0.2, 0.25) is 0 Å². The molecule has 0 bridgehead atoms. The van der Waals surface area contributed by atoms with Crippen LogP contribution in [-0.4, -0.2) is 13.3 Å². The van der Waals surface area contributed by atoms with E-state index < -0.39 is 14.9 Å². The standard InChI is InChI=1S/C13H11BrN2O4S/c1-9-6-7-12(16(17)18)11(8-9)15-21(19,20)13-5-3-2-4-10(13)14/h2-8,15H,1H3. The van der Waals surface area contributed by atoms with Crippen molar-refractivity contribution in [3.05, 3.63) is 62.6 Å². The summed E-state index contributed by atoms with van der Waals surface area (Å²) in [6.45, 7) is 1.72. The second kappa shape index (κ2) is 5.82. The summed E-state index contributed by atoms with van der Waals surface area (Å²) in [5.74, 6) is 0. The van der Waals surface area contributed by atoms with Crippen molar-refractivity contribution in [3.63, 3.8) is 0 Å². The predicted octanol–water partition coefficient (Wildman–Crippen LogP) is 3.47. The zero-order valence-corrected chi connectivity index (χ0v) is 13.3. The van der Waals surface area contributed by atoms with Crippen LogP contribution in [0.4, 0.5) is 11.4 Å². The Bertz CT molecular complexity index is 806. The monoisotopic (exact) mass is 370 g/mol. The number of nitrogens with zero attached hydrogens (tertiary/aromatic N) is 1. The second-order valence-corrected chi connectivity index (χ2v) is 6.82. The van der Waals surface area contributed by atoms with Crippen LogP contribution in [0.1, 0.15) is 5.56 Å². The highest BCUT2D eigenvalue weighted by molar-refractivity contribution is 9.10. The van der Waals surface area contributed by atoms with Crippen molar-refractivity contribution in [1.82, 2.24) is 0 Å². The predicted molar refractivity (Wildman–Crippen MR) is 82.8 cm³/mol. The molecule has 0 saturated carbocycles. The minimum absolute atomic E-state index is 0.0146. The molecule has 2 aromatic carbocycles. The quantitative estimate of drug-likeness (QED) is 0.658. The van der Waals surface area contributed by atoms with Gasteiger partial charge >= 0.3 is 0 Å². The Morgan fingerprint density at radius 2 is 1.86 bits per heavy atom. The SMILES string of the molecule is Cc1ccc([N+](=O)[O-])c(NS(=O)(=O)c2ccccc2Br)c1. The molecular weight excluding hydrogens is 360 g/mol. The van der Waals surface area contributed by atoms with E-state index in [0.29, 0.717) is 10.0 Å². The molecule has 110 valence electrons. The number of aryl methyl sites for hydroxylation is 1. The first-order valence-electron chi connectivity index (χ1n) is 5.83. The van der Waals surface area contributed by atoms with E-state index in [1.54, 1.807) is 31.2 Å². The van der Waals surface area contributed by atoms with Gasteiger partial charge in [-0.3, -0.25) is 14.8 Å². The molecule has 21 heavy (non-hydrogen) atoms. The van der Waals surface area contributed by atoms with E-state index in [2.05, 4.69) is 20.7 Å². The fraction of sp³-hybridized carbons (Fsp3) is 0.0769. The fourth-order valence-electron chi connectivity index (χ4n) is 1.75. The van der Waals surface area contributed by atoms with Crippen LogP contribution >= 0.6 is 15.9 Å². The van der Waals surface area contributed by atoms with Crippen LogP contribution < -0.4 is 4.72 Å². The molecule has 0 aliphatic heterocycles. The van der Waals surface area contributed by atoms with Crippen molar-refractivity contribution in [2.24, 2.45) is 0 Å². The van der Waals surface area contributed by atoms with Gasteiger partial charge in [0, 0.05) is 10.5 Å². The van der Waals surface area contributed by atoms with Crippen LogP contribution in [0.5, 0.6) is 0 Å². The number of hydrogen-bond donors (Lipinski definition) is 1. The molecule has 0 saturated heterocycles. The molecule has 0 aromatic heterocycles. The van der Waals surface area contributed by atoms with Crippen molar-refractivity contribution in [2.75, 3.05) is 4.72 Å². The number of nitro groups is 1. The number of anilines is 1. The van der Waals surface area contributed by atoms with E-state index >= 15 is 0 Å². The molecule has 2 rings (SSSR count). The van der Waals surface area contributed by atoms with Crippen LogP contribution in [0.3, 0.4) is 0 Å². The molecule has 0 aliphatic carbocycles. The topological polar surface area (TPSA) is 89.3 Å². The summed E-state index contributed by atoms with van der Waals surface area (Å²) in [4.78, 5) is 10.4. The number of benzene rings is 2. The Labute approximate surface area is 130 Å². The summed E-state index contributed by atoms with van der Waals surface area (Å²) < 4.78 is 27.3. The van der Waals surface area contributed by atoms with Crippen molar-refractivity contribution in [1.29, 1.82) is 0 Å². The lowest BCUT2D eigenvalue weighted by atomic mass is 10.2. The normalized spacial score (nSPS) is 11.1. The lowest BCUT2D eigenvalue weighted by molar-refractivity contribution is -0.383. The molecule has 6 nitrogen and oxygen atoms in total. The maximum atomic E-state index is 12.3. The highest BCUT2D eigenvalue weighted by Gasteiger charge is 2.22. The Balaban J connectivity index is 2.49. The molecule has 0 aliphatic rings. The highest BCUT2D eigenvalue weighted by Crippen LogP contribution is 2.29. The molecule has 0 fully saturated rings. The minimum atomic E-state index is -3.92. The van der Waals surface area contributed by atoms with Crippen molar-refractivity contribution < 1.29 is 13.3 Å². The largest absolute Gasteiger partial charge is 0.293 e. The van der Waals surface area contributed by atoms with E-state index in [4.69, 9.17) is 0 Å². The third kappa shape index (κ3) is 3.40. The smallest absolute Gasteiger partial charge is 0.273 e. The summed E-state index contributed by atoms with van der Waals surface area (Å²) in [6, 6.07) is 10.5. The highest BCUT2D eigenvalue weighted by atomic mass is 79.9. The van der Waals surface area contributed by atoms with Crippen molar-refractivity contribution in [2.45, 2.75) is 11.8 Å². The number of nitro benzene ring substituents is 1. The van der Waals surface area contributed by atoms with E-state index in [9.17, 15) is 18.5 Å². The summed E-state index contributed by atoms with van der Waals surface area (Å²) in [5, 5.41) is 11.0. The first-order chi connectivity index (χ1) is 9.81. The molecule has 0 spiro atoms. The Morgan fingerprint density at radius 1 is 1.19 bits per heavy atom. The van der Waals surface area contributed by atoms with Crippen LogP contribution in [0.15, 0.2) is 51.8 Å². The number of rotatable bonds is 4. The minimum Gasteiger partial charge on any atom is -0.273 e. The van der Waals surface area contributed by atoms with Crippen molar-refractivity contribution in [3.8, 4) is 0 Å². The Morgan fingerprint density at radius 3 is 2.48 bits per heavy atom. The molecular formula is C13H11BrN2O4S. The number of halogens is 1. The fourth-order valence-corrected chi connectivity index (χ4v) is 3.82. The molecule has 2 aromatic rings. The average molecular weight is 371 g/mol. The van der Waals surface area contributed by atoms with Gasteiger partial charge < -0.3 is 0 Å². The van der Waals surface area contributed by atoms with E-state index in [1.807, 2.05) is 0 Å². The van der Waals surface area contributed by atoms with Gasteiger partial charge in [0.25, 0.3) is 15.7 Å². The van der Waals surface area contributed by atoms with Gasteiger partial charge in [-0.2, -0.15) is 0 Å². The molecule has 1 N–H and O–H groups in total. The number of hydrogen-bond acceptors (Lipinski definition) is 4. The summed E-state index contributed by atoms with van der Waals surface area (Å²) in [6.07, 6.45) is 0. The van der Waals surface area contributed by atoms with Crippen LogP contribution in [0, 0.1) is 17.0 Å². The number of nitrogens with one attached hydrogen (secondary N) is 1. The Hall–Kier alpha value is -1.93. The molecule has 0 unspecified atom stereocenters. The third-order valence-electron chi connectivity index (χ3n) is 2.72. The van der Waals surface area contributed by atoms with Crippen LogP contribution in [-0.2, 0) is 10.0 Å². The lowest BCUT2D eigenvalue weighted by Crippen LogP contribution is -2.14. The van der Waals surface area contributed by atoms with E-state index in [1.165, 1.54) is 18.2 Å². The Kier molecular flexibility index (Phi) is 4.29. The van der Waals surface area contributed by atoms with Crippen LogP contribution in [0.2, 0.25) is 0 Å². The van der Waals surface area contributed by atoms with E-state index in [0.717, 1.165) is 0 Å². The lowest BCUT2D eigenvalue weighted by Gasteiger charge is -2.10. The molecule has 0 heterocycles. The average Bonchev–Trinajstić information content (AvgIpc) is 2.38. The second-order valence-electron chi connectivity index (χ2n) is 4.31. The summed E-state index contributed by atoms with van der Waals surface area (Å²) >= 11 is 3.15. The molecule has 0 atom stereocenters. The van der Waals surface area contributed by atoms with Gasteiger partial charge in [0.1, 0.15) is 10.6 Å². The zero-order valence-electron chi connectivity index (χ0n) is 10.9. The van der Waals surface area contributed by atoms with Crippen LogP contribution in [0.25, 0.3) is 0 Å². The molecule has 8 heteroatoms. The van der Waals surface area contributed by atoms with E-state index in [-0.39, 0.29) is 16.3 Å². The molecule has 0 radical (unpaired) electrons. The number of sulfonamides is 1. The van der Waals surface area contributed by atoms with Gasteiger partial charge in [-0.15, -0.1) is 0 Å². The van der Waals surface area contributed by atoms with Crippen molar-refractivity contribution >= 4 is 37.3 Å². The third-order valence-corrected chi connectivity index (χ3v) is 5.10. The van der Waals surface area contributed by atoms with Gasteiger partial charge in [0.15, 0.2) is 0 Å². The maximum Gasteiger partial charge on any atom is 0.293 e. The van der Waals surface area contributed by atoms with Gasteiger partial charge in [-0.1, -0.05) is 18.2 Å². The maximum absolute atomic E-state index is 12.3. The molecule has 0 amide bonds. The van der Waals surface area contributed by atoms with Gasteiger partial charge in [-0.25, -0.2) is 8.42 Å². The van der Waals surface area contributed by atoms with Gasteiger partial charge in [0.05, 0.1) is 4.92 Å².